The lowest BCUT2D eigenvalue weighted by atomic mass is 9.98. The number of nitrogens with one attached hydrogen (secondary N) is 1. The van der Waals surface area contributed by atoms with Gasteiger partial charge in [-0.15, -0.1) is 0 Å². The van der Waals surface area contributed by atoms with Gasteiger partial charge in [0, 0.05) is 11.7 Å². The highest BCUT2D eigenvalue weighted by atomic mass is 32.2. The smallest absolute Gasteiger partial charge is 0.407 e. The van der Waals surface area contributed by atoms with E-state index >= 15 is 0 Å². The number of hydrogen-bond donors (Lipinski definition) is 6. The minimum absolute atomic E-state index is 0.0780. The maximum Gasteiger partial charge on any atom is 0.407 e. The topological polar surface area (TPSA) is 175 Å². The molecule has 1 heterocycles. The molecule has 39 heavy (non-hydrogen) atoms. The van der Waals surface area contributed by atoms with Crippen LogP contribution in [-0.4, -0.2) is 106 Å². The molecular weight excluding hydrogens is 530 g/mol. The molecule has 4 rings (SSSR count). The normalized spacial score (nSPS) is 25.0. The molecule has 0 spiro atoms. The van der Waals surface area contributed by atoms with Crippen LogP contribution in [0.2, 0.25) is 0 Å². The number of carboxylic acids is 1. The van der Waals surface area contributed by atoms with E-state index in [2.05, 4.69) is 5.32 Å². The van der Waals surface area contributed by atoms with E-state index in [-0.39, 0.29) is 24.9 Å². The Bertz CT molecular complexity index is 1090. The summed E-state index contributed by atoms with van der Waals surface area (Å²) < 4.78 is 16.1. The molecule has 2 aromatic rings. The summed E-state index contributed by atoms with van der Waals surface area (Å²) >= 11 is 1.29. The van der Waals surface area contributed by atoms with E-state index in [4.69, 9.17) is 14.2 Å². The fraction of sp³-hybridized carbons (Fsp3) is 0.481. The minimum atomic E-state index is -1.52. The van der Waals surface area contributed by atoms with Gasteiger partial charge in [0.05, 0.1) is 13.2 Å². The summed E-state index contributed by atoms with van der Waals surface area (Å²) in [5, 5.41) is 50.8. The zero-order valence-electron chi connectivity index (χ0n) is 21.1. The molecule has 1 aliphatic carbocycles. The van der Waals surface area contributed by atoms with Crippen molar-refractivity contribution in [2.45, 2.75) is 49.1 Å². The van der Waals surface area contributed by atoms with E-state index in [1.807, 2.05) is 48.5 Å². The maximum atomic E-state index is 12.5. The van der Waals surface area contributed by atoms with Gasteiger partial charge in [-0.1, -0.05) is 48.5 Å². The molecule has 1 amide bonds. The Hall–Kier alpha value is -2.71. The first-order valence-corrected chi connectivity index (χ1v) is 13.8. The van der Waals surface area contributed by atoms with Crippen molar-refractivity contribution in [2.75, 3.05) is 31.3 Å². The van der Waals surface area contributed by atoms with Crippen LogP contribution in [0.15, 0.2) is 48.5 Å². The van der Waals surface area contributed by atoms with Gasteiger partial charge in [0.1, 0.15) is 37.1 Å². The molecule has 212 valence electrons. The number of fused-ring (bicyclic) bond motifs is 3. The van der Waals surface area contributed by atoms with Crippen LogP contribution in [0.4, 0.5) is 4.79 Å². The first-order valence-electron chi connectivity index (χ1n) is 12.7. The molecule has 11 nitrogen and oxygen atoms in total. The van der Waals surface area contributed by atoms with Crippen LogP contribution in [-0.2, 0) is 19.0 Å². The van der Waals surface area contributed by atoms with Gasteiger partial charge in [-0.3, -0.25) is 0 Å². The van der Waals surface area contributed by atoms with E-state index in [9.17, 15) is 35.1 Å². The first-order chi connectivity index (χ1) is 18.8. The third-order valence-electron chi connectivity index (χ3n) is 6.78. The van der Waals surface area contributed by atoms with Crippen LogP contribution in [0, 0.1) is 0 Å². The molecule has 0 saturated carbocycles. The SMILES string of the molecule is O=C(N[C@@H](CSCCCO[C@H]1O[C@H](CO)[C@@H](O)[C@H](O)[C@H]1O)C(=O)O)OCC1c2ccccc2-c2ccccc21. The summed E-state index contributed by atoms with van der Waals surface area (Å²) in [5.74, 6) is -0.745. The Balaban J connectivity index is 1.19. The van der Waals surface area contributed by atoms with Crippen molar-refractivity contribution in [3.05, 3.63) is 59.7 Å². The summed E-state index contributed by atoms with van der Waals surface area (Å²) in [6.45, 7) is -0.351. The number of thioether (sulfide) groups is 1. The van der Waals surface area contributed by atoms with Gasteiger partial charge in [0.25, 0.3) is 0 Å². The summed E-state index contributed by atoms with van der Waals surface area (Å²) in [7, 11) is 0. The van der Waals surface area contributed by atoms with Crippen LogP contribution >= 0.6 is 11.8 Å². The monoisotopic (exact) mass is 563 g/mol. The average Bonchev–Trinajstić information content (AvgIpc) is 3.26. The number of aliphatic carboxylic acids is 1. The number of carbonyl (C=O) groups is 2. The molecule has 1 fully saturated rings. The van der Waals surface area contributed by atoms with Gasteiger partial charge in [0.15, 0.2) is 6.29 Å². The van der Waals surface area contributed by atoms with Crippen LogP contribution in [0.1, 0.15) is 23.5 Å². The van der Waals surface area contributed by atoms with Crippen LogP contribution in [0.25, 0.3) is 11.1 Å². The minimum Gasteiger partial charge on any atom is -0.480 e. The first kappa shape index (κ1) is 29.3. The Morgan fingerprint density at radius 1 is 0.974 bits per heavy atom. The highest BCUT2D eigenvalue weighted by Gasteiger charge is 2.43. The molecule has 2 aliphatic rings. The molecule has 0 unspecified atom stereocenters. The number of hydrogen-bond acceptors (Lipinski definition) is 10. The van der Waals surface area contributed by atoms with Crippen LogP contribution in [0.5, 0.6) is 0 Å². The Kier molecular flexibility index (Phi) is 10.2. The third kappa shape index (κ3) is 6.90. The third-order valence-corrected chi connectivity index (χ3v) is 7.93. The molecular formula is C27H33NO10S. The number of aliphatic hydroxyl groups is 4. The lowest BCUT2D eigenvalue weighted by molar-refractivity contribution is -0.300. The van der Waals surface area contributed by atoms with Crippen molar-refractivity contribution < 1.29 is 49.3 Å². The predicted molar refractivity (Wildman–Crippen MR) is 141 cm³/mol. The van der Waals surface area contributed by atoms with Crippen molar-refractivity contribution in [3.8, 4) is 11.1 Å². The Labute approximate surface area is 229 Å². The van der Waals surface area contributed by atoms with Crippen molar-refractivity contribution in [1.82, 2.24) is 5.32 Å². The summed E-state index contributed by atoms with van der Waals surface area (Å²) in [4.78, 5) is 24.1. The number of carbonyl (C=O) groups excluding carboxylic acids is 1. The van der Waals surface area contributed by atoms with E-state index in [1.54, 1.807) is 0 Å². The predicted octanol–water partition coefficient (Wildman–Crippen LogP) is 0.918. The molecule has 0 radical (unpaired) electrons. The van der Waals surface area contributed by atoms with Gasteiger partial charge < -0.3 is 45.1 Å². The number of rotatable bonds is 12. The van der Waals surface area contributed by atoms with E-state index in [0.717, 1.165) is 22.3 Å². The van der Waals surface area contributed by atoms with Gasteiger partial charge in [-0.25, -0.2) is 9.59 Å². The number of benzene rings is 2. The number of alkyl carbamates (subject to hydrolysis) is 1. The van der Waals surface area contributed by atoms with Crippen molar-refractivity contribution in [1.29, 1.82) is 0 Å². The largest absolute Gasteiger partial charge is 0.480 e. The van der Waals surface area contributed by atoms with Crippen LogP contribution in [0.3, 0.4) is 0 Å². The lowest BCUT2D eigenvalue weighted by Crippen LogP contribution is -2.59. The Morgan fingerprint density at radius 2 is 1.62 bits per heavy atom. The van der Waals surface area contributed by atoms with Crippen LogP contribution < -0.4 is 5.32 Å². The molecule has 6 N–H and O–H groups in total. The molecule has 1 aliphatic heterocycles. The number of aliphatic hydroxyl groups excluding tert-OH is 4. The number of ether oxygens (including phenoxy) is 3. The standard InChI is InChI=1S/C27H33NO10S/c29-12-21-22(30)23(31)24(32)26(38-21)36-10-5-11-39-14-20(25(33)34)28-27(35)37-13-19-17-8-3-1-6-15(17)16-7-2-4-9-18(16)19/h1-4,6-9,19-24,26,29-32H,5,10-14H2,(H,28,35)(H,33,34)/t20-,21+,22+,23-,24+,26-/m0/s1. The number of carboxylic acid groups (broad SMARTS) is 1. The molecule has 12 heteroatoms. The van der Waals surface area contributed by atoms with Gasteiger partial charge in [-0.2, -0.15) is 11.8 Å². The van der Waals surface area contributed by atoms with Gasteiger partial charge in [-0.05, 0) is 34.4 Å². The van der Waals surface area contributed by atoms with Gasteiger partial charge >= 0.3 is 12.1 Å². The molecule has 0 aromatic heterocycles. The average molecular weight is 564 g/mol. The zero-order valence-corrected chi connectivity index (χ0v) is 21.9. The quantitative estimate of drug-likeness (QED) is 0.203. The second-order valence-electron chi connectivity index (χ2n) is 9.36. The van der Waals surface area contributed by atoms with Crippen molar-refractivity contribution >= 4 is 23.8 Å². The summed E-state index contributed by atoms with van der Waals surface area (Å²) in [6, 6.07) is 14.7. The zero-order chi connectivity index (χ0) is 27.9. The Morgan fingerprint density at radius 3 is 2.23 bits per heavy atom. The lowest BCUT2D eigenvalue weighted by Gasteiger charge is -2.39. The fourth-order valence-electron chi connectivity index (χ4n) is 4.72. The van der Waals surface area contributed by atoms with Crippen molar-refractivity contribution in [2.24, 2.45) is 0 Å². The number of amides is 1. The highest BCUT2D eigenvalue weighted by molar-refractivity contribution is 7.99. The van der Waals surface area contributed by atoms with E-state index in [1.165, 1.54) is 11.8 Å². The van der Waals surface area contributed by atoms with E-state index < -0.39 is 55.4 Å². The second kappa shape index (κ2) is 13.6. The van der Waals surface area contributed by atoms with E-state index in [0.29, 0.717) is 12.2 Å². The second-order valence-corrected chi connectivity index (χ2v) is 10.5. The molecule has 0 bridgehead atoms. The summed E-state index contributed by atoms with van der Waals surface area (Å²) in [5.41, 5.74) is 4.31. The highest BCUT2D eigenvalue weighted by Crippen LogP contribution is 2.44. The maximum absolute atomic E-state index is 12.5. The van der Waals surface area contributed by atoms with Crippen molar-refractivity contribution in [3.63, 3.8) is 0 Å². The molecule has 2 aromatic carbocycles. The molecule has 6 atom stereocenters. The fourth-order valence-corrected chi connectivity index (χ4v) is 5.67. The van der Waals surface area contributed by atoms with Gasteiger partial charge in [0.2, 0.25) is 0 Å². The summed E-state index contributed by atoms with van der Waals surface area (Å²) in [6.07, 6.45) is -7.08. The molecule has 1 saturated heterocycles.